The second-order valence-corrected chi connectivity index (χ2v) is 1.76. The molecule has 0 unspecified atom stereocenters. The van der Waals surface area contributed by atoms with Crippen LogP contribution < -0.4 is 0 Å². The number of carbonyl (C=O) groups excluding carboxylic acids is 1. The van der Waals surface area contributed by atoms with Crippen molar-refractivity contribution in [1.82, 2.24) is 15.0 Å². The van der Waals surface area contributed by atoms with Crippen LogP contribution in [0, 0.1) is 0 Å². The fourth-order valence-electron chi connectivity index (χ4n) is 0.577. The lowest BCUT2D eigenvalue weighted by Gasteiger charge is -1.85. The van der Waals surface area contributed by atoms with Crippen molar-refractivity contribution < 1.29 is 9.90 Å². The van der Waals surface area contributed by atoms with Gasteiger partial charge in [-0.1, -0.05) is 5.21 Å². The van der Waals surface area contributed by atoms with Crippen LogP contribution in [0.4, 0.5) is 0 Å². The molecule has 0 aliphatic carbocycles. The second kappa shape index (κ2) is 3.07. The molecule has 0 atom stereocenters. The lowest BCUT2D eigenvalue weighted by molar-refractivity contribution is -0.108. The molecule has 0 spiro atoms. The first-order valence-electron chi connectivity index (χ1n) is 2.80. The highest BCUT2D eigenvalue weighted by Gasteiger charge is 1.95. The van der Waals surface area contributed by atoms with Crippen molar-refractivity contribution in [2.24, 2.45) is 0 Å². The van der Waals surface area contributed by atoms with E-state index in [9.17, 15) is 4.79 Å². The molecule has 54 valence electrons. The summed E-state index contributed by atoms with van der Waals surface area (Å²) >= 11 is 0. The van der Waals surface area contributed by atoms with E-state index in [-0.39, 0.29) is 13.2 Å². The highest BCUT2D eigenvalue weighted by molar-refractivity contribution is 5.48. The number of nitrogens with zero attached hydrogens (tertiary/aromatic N) is 3. The van der Waals surface area contributed by atoms with E-state index in [0.29, 0.717) is 5.69 Å². The van der Waals surface area contributed by atoms with Gasteiger partial charge in [0.1, 0.15) is 12.0 Å². The van der Waals surface area contributed by atoms with E-state index >= 15 is 0 Å². The molecule has 1 aromatic rings. The van der Waals surface area contributed by atoms with Crippen molar-refractivity contribution in [1.29, 1.82) is 0 Å². The van der Waals surface area contributed by atoms with Crippen LogP contribution in [-0.4, -0.2) is 26.4 Å². The van der Waals surface area contributed by atoms with Gasteiger partial charge in [0.05, 0.1) is 19.3 Å². The van der Waals surface area contributed by atoms with E-state index in [1.54, 1.807) is 0 Å². The Kier molecular flexibility index (Phi) is 2.11. The Labute approximate surface area is 57.3 Å². The number of aliphatic hydroxyl groups excluding tert-OH is 1. The molecule has 0 aromatic carbocycles. The van der Waals surface area contributed by atoms with Crippen LogP contribution in [0.3, 0.4) is 0 Å². The van der Waals surface area contributed by atoms with Crippen LogP contribution in [0.25, 0.3) is 0 Å². The molecule has 1 heterocycles. The third kappa shape index (κ3) is 1.38. The van der Waals surface area contributed by atoms with Crippen molar-refractivity contribution >= 4 is 6.29 Å². The molecule has 10 heavy (non-hydrogen) atoms. The van der Waals surface area contributed by atoms with Gasteiger partial charge in [0.25, 0.3) is 0 Å². The van der Waals surface area contributed by atoms with Gasteiger partial charge in [-0.25, -0.2) is 4.68 Å². The summed E-state index contributed by atoms with van der Waals surface area (Å²) in [4.78, 5) is 9.92. The first kappa shape index (κ1) is 6.88. The van der Waals surface area contributed by atoms with Crippen molar-refractivity contribution in [2.45, 2.75) is 13.2 Å². The quantitative estimate of drug-likeness (QED) is 0.546. The summed E-state index contributed by atoms with van der Waals surface area (Å²) in [6.45, 7) is 0.0475. The Hall–Kier alpha value is -1.23. The van der Waals surface area contributed by atoms with E-state index in [2.05, 4.69) is 10.3 Å². The predicted octanol–water partition coefficient (Wildman–Crippen LogP) is -1.03. The zero-order valence-corrected chi connectivity index (χ0v) is 5.27. The minimum atomic E-state index is -0.140. The molecular formula is C5H7N3O2. The summed E-state index contributed by atoms with van der Waals surface area (Å²) in [6.07, 6.45) is 2.24. The summed E-state index contributed by atoms with van der Waals surface area (Å²) in [7, 11) is 0. The second-order valence-electron chi connectivity index (χ2n) is 1.76. The van der Waals surface area contributed by atoms with Gasteiger partial charge >= 0.3 is 0 Å². The Balaban J connectivity index is 2.67. The van der Waals surface area contributed by atoms with Gasteiger partial charge in [0, 0.05) is 0 Å². The van der Waals surface area contributed by atoms with Gasteiger partial charge in [0.15, 0.2) is 0 Å². The molecule has 0 saturated heterocycles. The summed E-state index contributed by atoms with van der Waals surface area (Å²) in [5, 5.41) is 15.6. The molecule has 0 radical (unpaired) electrons. The van der Waals surface area contributed by atoms with Crippen LogP contribution in [-0.2, 0) is 17.9 Å². The number of aromatic nitrogens is 3. The molecule has 5 heteroatoms. The fraction of sp³-hybridized carbons (Fsp3) is 0.400. The zero-order valence-electron chi connectivity index (χ0n) is 5.27. The molecule has 1 rings (SSSR count). The highest BCUT2D eigenvalue weighted by Crippen LogP contribution is 1.89. The first-order chi connectivity index (χ1) is 4.86. The monoisotopic (exact) mass is 141 g/mol. The topological polar surface area (TPSA) is 68.0 Å². The van der Waals surface area contributed by atoms with Crippen LogP contribution in [0.5, 0.6) is 0 Å². The summed E-state index contributed by atoms with van der Waals surface area (Å²) < 4.78 is 1.36. The lowest BCUT2D eigenvalue weighted by atomic mass is 10.5. The maximum absolute atomic E-state index is 9.92. The van der Waals surface area contributed by atoms with Gasteiger partial charge in [-0.2, -0.15) is 0 Å². The van der Waals surface area contributed by atoms with Crippen LogP contribution in [0.15, 0.2) is 6.20 Å². The van der Waals surface area contributed by atoms with Gasteiger partial charge in [0.2, 0.25) is 0 Å². The fourth-order valence-corrected chi connectivity index (χ4v) is 0.577. The SMILES string of the molecule is O=CCn1cc(CO)nn1. The number of hydrogen-bond acceptors (Lipinski definition) is 4. The smallest absolute Gasteiger partial charge is 0.141 e. The predicted molar refractivity (Wildman–Crippen MR) is 32.0 cm³/mol. The molecule has 1 N–H and O–H groups in total. The Morgan fingerprint density at radius 1 is 1.80 bits per heavy atom. The van der Waals surface area contributed by atoms with Gasteiger partial charge < -0.3 is 9.90 Å². The molecule has 1 aromatic heterocycles. The van der Waals surface area contributed by atoms with E-state index in [4.69, 9.17) is 5.11 Å². The average Bonchev–Trinajstić information content (AvgIpc) is 2.37. The van der Waals surface area contributed by atoms with Gasteiger partial charge in [-0.05, 0) is 0 Å². The number of carbonyl (C=O) groups is 1. The Morgan fingerprint density at radius 3 is 3.10 bits per heavy atom. The summed E-state index contributed by atoms with van der Waals surface area (Å²) in [6, 6.07) is 0. The maximum atomic E-state index is 9.92. The summed E-state index contributed by atoms with van der Waals surface area (Å²) in [5.41, 5.74) is 0.474. The lowest BCUT2D eigenvalue weighted by Crippen LogP contribution is -1.98. The number of aliphatic hydroxyl groups is 1. The van der Waals surface area contributed by atoms with Crippen molar-refractivity contribution in [2.75, 3.05) is 0 Å². The summed E-state index contributed by atoms with van der Waals surface area (Å²) in [5.74, 6) is 0. The van der Waals surface area contributed by atoms with Crippen LogP contribution in [0.2, 0.25) is 0 Å². The average molecular weight is 141 g/mol. The van der Waals surface area contributed by atoms with Gasteiger partial charge in [-0.15, -0.1) is 5.10 Å². The minimum absolute atomic E-state index is 0.140. The highest BCUT2D eigenvalue weighted by atomic mass is 16.3. The Morgan fingerprint density at radius 2 is 2.60 bits per heavy atom. The number of rotatable bonds is 3. The van der Waals surface area contributed by atoms with E-state index in [1.807, 2.05) is 0 Å². The molecule has 0 aliphatic heterocycles. The Bertz CT molecular complexity index is 220. The van der Waals surface area contributed by atoms with Crippen molar-refractivity contribution in [3.63, 3.8) is 0 Å². The van der Waals surface area contributed by atoms with E-state index in [1.165, 1.54) is 10.9 Å². The molecule has 0 saturated carbocycles. The van der Waals surface area contributed by atoms with Crippen molar-refractivity contribution in [3.05, 3.63) is 11.9 Å². The van der Waals surface area contributed by atoms with Gasteiger partial charge in [-0.3, -0.25) is 0 Å². The normalized spacial score (nSPS) is 9.70. The number of aldehydes is 1. The number of hydrogen-bond donors (Lipinski definition) is 1. The molecule has 0 amide bonds. The van der Waals surface area contributed by atoms with E-state index in [0.717, 1.165) is 6.29 Å². The minimum Gasteiger partial charge on any atom is -0.390 e. The van der Waals surface area contributed by atoms with Crippen LogP contribution in [0.1, 0.15) is 5.69 Å². The third-order valence-corrected chi connectivity index (χ3v) is 1.01. The molecule has 0 fully saturated rings. The molecular weight excluding hydrogens is 134 g/mol. The standard InChI is InChI=1S/C5H7N3O2/c9-2-1-8-3-5(4-10)6-7-8/h2-3,10H,1,4H2. The van der Waals surface area contributed by atoms with E-state index < -0.39 is 0 Å². The van der Waals surface area contributed by atoms with Crippen molar-refractivity contribution in [3.8, 4) is 0 Å². The molecule has 5 nitrogen and oxygen atoms in total. The molecule has 0 bridgehead atoms. The third-order valence-electron chi connectivity index (χ3n) is 1.01. The van der Waals surface area contributed by atoms with Crippen LogP contribution >= 0.6 is 0 Å². The largest absolute Gasteiger partial charge is 0.390 e. The first-order valence-corrected chi connectivity index (χ1v) is 2.80. The molecule has 0 aliphatic rings. The maximum Gasteiger partial charge on any atom is 0.141 e. The zero-order chi connectivity index (χ0) is 7.40.